The largest absolute Gasteiger partial charge is 0.481 e. The van der Waals surface area contributed by atoms with E-state index >= 15 is 0 Å². The highest BCUT2D eigenvalue weighted by Crippen LogP contribution is 2.38. The van der Waals surface area contributed by atoms with Crippen molar-refractivity contribution in [2.75, 3.05) is 6.54 Å². The molecular formula is C11H19NO4. The van der Waals surface area contributed by atoms with E-state index in [2.05, 4.69) is 5.32 Å². The first kappa shape index (κ1) is 13.0. The van der Waals surface area contributed by atoms with Crippen LogP contribution in [0.4, 0.5) is 0 Å². The summed E-state index contributed by atoms with van der Waals surface area (Å²) < 4.78 is 0. The molecule has 0 heterocycles. The topological polar surface area (TPSA) is 86.6 Å². The summed E-state index contributed by atoms with van der Waals surface area (Å²) in [5, 5.41) is 21.2. The van der Waals surface area contributed by atoms with Gasteiger partial charge in [0.2, 0.25) is 5.91 Å². The minimum Gasteiger partial charge on any atom is -0.481 e. The summed E-state index contributed by atoms with van der Waals surface area (Å²) in [7, 11) is 0. The van der Waals surface area contributed by atoms with Crippen molar-refractivity contribution < 1.29 is 19.8 Å². The van der Waals surface area contributed by atoms with Gasteiger partial charge in [0.15, 0.2) is 0 Å². The van der Waals surface area contributed by atoms with E-state index in [9.17, 15) is 14.7 Å². The summed E-state index contributed by atoms with van der Waals surface area (Å²) in [6, 6.07) is 0. The molecule has 0 aromatic carbocycles. The van der Waals surface area contributed by atoms with Gasteiger partial charge in [-0.05, 0) is 19.3 Å². The van der Waals surface area contributed by atoms with Crippen LogP contribution in [0, 0.1) is 11.8 Å². The molecule has 0 aliphatic heterocycles. The molecule has 92 valence electrons. The Labute approximate surface area is 94.8 Å². The maximum absolute atomic E-state index is 11.5. The highest BCUT2D eigenvalue weighted by Gasteiger charge is 2.48. The third-order valence-electron chi connectivity index (χ3n) is 3.35. The van der Waals surface area contributed by atoms with Crippen LogP contribution in [0.5, 0.6) is 0 Å². The number of rotatable bonds is 6. The number of carbonyl (C=O) groups excluding carboxylic acids is 1. The van der Waals surface area contributed by atoms with Gasteiger partial charge in [-0.1, -0.05) is 13.8 Å². The van der Waals surface area contributed by atoms with Gasteiger partial charge in [0.25, 0.3) is 0 Å². The molecule has 1 amide bonds. The molecule has 1 aliphatic rings. The maximum Gasteiger partial charge on any atom is 0.307 e. The molecular weight excluding hydrogens is 210 g/mol. The minimum absolute atomic E-state index is 0.196. The van der Waals surface area contributed by atoms with Gasteiger partial charge in [-0.25, -0.2) is 0 Å². The predicted octanol–water partition coefficient (Wildman–Crippen LogP) is 0.374. The fourth-order valence-corrected chi connectivity index (χ4v) is 1.64. The number of aliphatic carboxylic acids is 1. The second-order valence-electron chi connectivity index (χ2n) is 4.44. The van der Waals surface area contributed by atoms with Gasteiger partial charge in [0.05, 0.1) is 17.4 Å². The number of carbonyl (C=O) groups is 2. The van der Waals surface area contributed by atoms with E-state index < -0.39 is 23.4 Å². The van der Waals surface area contributed by atoms with Gasteiger partial charge in [-0.3, -0.25) is 9.59 Å². The Morgan fingerprint density at radius 1 is 1.31 bits per heavy atom. The molecule has 16 heavy (non-hydrogen) atoms. The molecule has 2 atom stereocenters. The van der Waals surface area contributed by atoms with E-state index in [1.165, 1.54) is 0 Å². The first-order valence-electron chi connectivity index (χ1n) is 5.66. The van der Waals surface area contributed by atoms with Crippen molar-refractivity contribution in [2.24, 2.45) is 11.8 Å². The van der Waals surface area contributed by atoms with Crippen molar-refractivity contribution in [3.63, 3.8) is 0 Å². The van der Waals surface area contributed by atoms with Crippen LogP contribution in [0.25, 0.3) is 0 Å². The Kier molecular flexibility index (Phi) is 3.91. The molecule has 5 nitrogen and oxygen atoms in total. The molecule has 1 saturated carbocycles. The Balaban J connectivity index is 2.34. The SMILES string of the molecule is CCC(O)(CC)CNC(=O)C1CC1C(=O)O. The van der Waals surface area contributed by atoms with E-state index in [1.807, 2.05) is 13.8 Å². The maximum atomic E-state index is 11.5. The van der Waals surface area contributed by atoms with Gasteiger partial charge in [0, 0.05) is 6.54 Å². The molecule has 0 saturated heterocycles. The first-order valence-corrected chi connectivity index (χ1v) is 5.66. The predicted molar refractivity (Wildman–Crippen MR) is 57.8 cm³/mol. The van der Waals surface area contributed by atoms with Crippen molar-refractivity contribution >= 4 is 11.9 Å². The Bertz CT molecular complexity index is 286. The van der Waals surface area contributed by atoms with E-state index in [0.717, 1.165) is 0 Å². The first-order chi connectivity index (χ1) is 7.43. The van der Waals surface area contributed by atoms with Gasteiger partial charge in [-0.15, -0.1) is 0 Å². The zero-order valence-corrected chi connectivity index (χ0v) is 9.69. The monoisotopic (exact) mass is 229 g/mol. The molecule has 3 N–H and O–H groups in total. The lowest BCUT2D eigenvalue weighted by atomic mass is 9.97. The van der Waals surface area contributed by atoms with E-state index in [4.69, 9.17) is 5.11 Å². The molecule has 2 unspecified atom stereocenters. The molecule has 0 radical (unpaired) electrons. The molecule has 0 spiro atoms. The Morgan fingerprint density at radius 2 is 1.88 bits per heavy atom. The van der Waals surface area contributed by atoms with Crippen LogP contribution in [0.2, 0.25) is 0 Å². The van der Waals surface area contributed by atoms with Gasteiger partial charge in [0.1, 0.15) is 0 Å². The summed E-state index contributed by atoms with van der Waals surface area (Å²) in [5.74, 6) is -2.11. The molecule has 0 bridgehead atoms. The number of hydrogen-bond acceptors (Lipinski definition) is 3. The molecule has 0 aromatic heterocycles. The van der Waals surface area contributed by atoms with Gasteiger partial charge < -0.3 is 15.5 Å². The lowest BCUT2D eigenvalue weighted by Gasteiger charge is -2.25. The smallest absolute Gasteiger partial charge is 0.307 e. The molecule has 1 aliphatic carbocycles. The second kappa shape index (κ2) is 4.82. The normalized spacial score (nSPS) is 23.9. The number of aliphatic hydroxyl groups is 1. The van der Waals surface area contributed by atoms with Crippen LogP contribution < -0.4 is 5.32 Å². The number of carboxylic acid groups (broad SMARTS) is 1. The van der Waals surface area contributed by atoms with Crippen molar-refractivity contribution in [2.45, 2.75) is 38.7 Å². The van der Waals surface area contributed by atoms with Crippen LogP contribution in [0.3, 0.4) is 0 Å². The Morgan fingerprint density at radius 3 is 2.25 bits per heavy atom. The Hall–Kier alpha value is -1.10. The summed E-state index contributed by atoms with van der Waals surface area (Å²) in [6.45, 7) is 3.90. The highest BCUT2D eigenvalue weighted by atomic mass is 16.4. The van der Waals surface area contributed by atoms with Crippen LogP contribution in [-0.2, 0) is 9.59 Å². The van der Waals surface area contributed by atoms with Gasteiger partial charge >= 0.3 is 5.97 Å². The van der Waals surface area contributed by atoms with Crippen molar-refractivity contribution in [1.29, 1.82) is 0 Å². The zero-order valence-electron chi connectivity index (χ0n) is 9.69. The molecule has 1 rings (SSSR count). The molecule has 0 aromatic rings. The lowest BCUT2D eigenvalue weighted by Crippen LogP contribution is -2.42. The zero-order chi connectivity index (χ0) is 12.3. The summed E-state index contributed by atoms with van der Waals surface area (Å²) in [5.41, 5.74) is -0.872. The van der Waals surface area contributed by atoms with Crippen LogP contribution in [-0.4, -0.2) is 34.2 Å². The molecule has 1 fully saturated rings. The fourth-order valence-electron chi connectivity index (χ4n) is 1.64. The summed E-state index contributed by atoms with van der Waals surface area (Å²) >= 11 is 0. The number of carboxylic acids is 1. The average Bonchev–Trinajstić information content (AvgIpc) is 3.05. The number of amides is 1. The summed E-state index contributed by atoms with van der Waals surface area (Å²) in [4.78, 5) is 22.1. The minimum atomic E-state index is -0.915. The number of hydrogen-bond donors (Lipinski definition) is 3. The fraction of sp³-hybridized carbons (Fsp3) is 0.818. The van der Waals surface area contributed by atoms with E-state index in [-0.39, 0.29) is 12.5 Å². The second-order valence-corrected chi connectivity index (χ2v) is 4.44. The van der Waals surface area contributed by atoms with Crippen molar-refractivity contribution in [1.82, 2.24) is 5.32 Å². The quantitative estimate of drug-likeness (QED) is 0.614. The van der Waals surface area contributed by atoms with Crippen LogP contribution in [0.1, 0.15) is 33.1 Å². The average molecular weight is 229 g/mol. The lowest BCUT2D eigenvalue weighted by molar-refractivity contribution is -0.140. The van der Waals surface area contributed by atoms with Crippen LogP contribution in [0.15, 0.2) is 0 Å². The van der Waals surface area contributed by atoms with E-state index in [1.54, 1.807) is 0 Å². The van der Waals surface area contributed by atoms with Crippen LogP contribution >= 0.6 is 0 Å². The standard InChI is InChI=1S/C11H19NO4/c1-3-11(16,4-2)6-12-9(13)7-5-8(7)10(14)15/h7-8,16H,3-6H2,1-2H3,(H,12,13)(H,14,15). The van der Waals surface area contributed by atoms with Crippen molar-refractivity contribution in [3.05, 3.63) is 0 Å². The molecule has 5 heteroatoms. The third kappa shape index (κ3) is 2.95. The van der Waals surface area contributed by atoms with Crippen molar-refractivity contribution in [3.8, 4) is 0 Å². The van der Waals surface area contributed by atoms with Gasteiger partial charge in [-0.2, -0.15) is 0 Å². The highest BCUT2D eigenvalue weighted by molar-refractivity contribution is 5.89. The summed E-state index contributed by atoms with van der Waals surface area (Å²) in [6.07, 6.45) is 1.55. The third-order valence-corrected chi connectivity index (χ3v) is 3.35. The number of nitrogens with one attached hydrogen (secondary N) is 1. The van der Waals surface area contributed by atoms with E-state index in [0.29, 0.717) is 19.3 Å².